The third-order valence-electron chi connectivity index (χ3n) is 6.46. The number of hydrogen-bond acceptors (Lipinski definition) is 11. The number of benzene rings is 1. The smallest absolute Gasteiger partial charge is 0.543 e. The summed E-state index contributed by atoms with van der Waals surface area (Å²) < 4.78 is 0.683. The fourth-order valence-corrected chi connectivity index (χ4v) is 7.45. The van der Waals surface area contributed by atoms with E-state index in [1.165, 1.54) is 41.9 Å². The number of fused-ring (bicyclic) bond motifs is 1. The number of imide groups is 1. The molecule has 2 aromatic rings. The first-order chi connectivity index (χ1) is 19.5. The number of aliphatic carboxylic acids is 1. The van der Waals surface area contributed by atoms with Crippen LogP contribution in [0, 0.1) is 6.92 Å². The monoisotopic (exact) mass is 638 g/mol. The number of nitrogens with one attached hydrogen (secondary N) is 2. The summed E-state index contributed by atoms with van der Waals surface area (Å²) in [6.07, 6.45) is 1.57. The molecule has 2 aliphatic heterocycles. The molecule has 0 aliphatic carbocycles. The maximum atomic E-state index is 13.4. The van der Waals surface area contributed by atoms with Gasteiger partial charge in [0.2, 0.25) is 5.91 Å². The number of carboxylic acid groups (broad SMARTS) is 1. The number of aryl methyl sites for hydroxylation is 1. The van der Waals surface area contributed by atoms with Gasteiger partial charge >= 0.3 is 35.6 Å². The average molecular weight is 639 g/mol. The standard InChI is InChI=1S/C26H28N6O6S3.Na/c1-5-13(2)21(34)31(4)25(38)28-17(15-9-7-6-8-10-15)20(33)27-18-22(35)32-19(24(36)37)16(11-39-23(18)32)12-40-26-30-29-14(3)41-26;/h5-10,17-18,23H,11-12H2,1-4H3,(H,27,33)(H,28,38)(H,36,37);/q;+1/p-1/b13-5+;/t17?,18?,23-;/m0./s1. The van der Waals surface area contributed by atoms with E-state index in [0.29, 0.717) is 32.6 Å². The van der Waals surface area contributed by atoms with Gasteiger partial charge in [-0.3, -0.25) is 24.2 Å². The zero-order valence-corrected chi connectivity index (χ0v) is 28.0. The van der Waals surface area contributed by atoms with Gasteiger partial charge in [-0.25, -0.2) is 4.79 Å². The zero-order valence-electron chi connectivity index (χ0n) is 23.6. The summed E-state index contributed by atoms with van der Waals surface area (Å²) >= 11 is 4.03. The van der Waals surface area contributed by atoms with Crippen molar-refractivity contribution in [3.63, 3.8) is 0 Å². The third-order valence-corrected chi connectivity index (χ3v) is 9.86. The van der Waals surface area contributed by atoms with E-state index < -0.39 is 47.2 Å². The molecule has 16 heteroatoms. The van der Waals surface area contributed by atoms with Gasteiger partial charge in [-0.1, -0.05) is 59.5 Å². The van der Waals surface area contributed by atoms with E-state index in [1.807, 2.05) is 6.92 Å². The van der Waals surface area contributed by atoms with E-state index in [4.69, 9.17) is 0 Å². The van der Waals surface area contributed by atoms with Crippen LogP contribution in [0.2, 0.25) is 0 Å². The van der Waals surface area contributed by atoms with Crippen LogP contribution in [0.3, 0.4) is 0 Å². The Morgan fingerprint density at radius 2 is 1.93 bits per heavy atom. The van der Waals surface area contributed by atoms with Gasteiger partial charge in [-0.15, -0.1) is 22.0 Å². The predicted molar refractivity (Wildman–Crippen MR) is 152 cm³/mol. The number of carboxylic acids is 1. The number of β-lactam (4-membered cyclic amide) rings is 1. The number of carbonyl (C=O) groups excluding carboxylic acids is 5. The third kappa shape index (κ3) is 7.26. The van der Waals surface area contributed by atoms with Gasteiger partial charge < -0.3 is 20.5 Å². The SMILES string of the molecule is C/C=C(\C)C(=O)N(C)C(=O)NC(C(=O)NC1C(=O)N2C(C(=O)[O-])=C(CSc3nnc(C)s3)CS[C@@H]12)c1ccccc1.[Na+]. The van der Waals surface area contributed by atoms with Crippen molar-refractivity contribution in [3.8, 4) is 0 Å². The second kappa shape index (κ2) is 14.7. The van der Waals surface area contributed by atoms with Crippen molar-refractivity contribution in [1.29, 1.82) is 0 Å². The molecule has 1 fully saturated rings. The quantitative estimate of drug-likeness (QED) is 0.139. The van der Waals surface area contributed by atoms with Crippen molar-refractivity contribution in [1.82, 2.24) is 30.6 Å². The largest absolute Gasteiger partial charge is 1.00 e. The fraction of sp³-hybridized carbons (Fsp3) is 0.346. The molecule has 42 heavy (non-hydrogen) atoms. The van der Waals surface area contributed by atoms with Crippen LogP contribution in [-0.4, -0.2) is 79.7 Å². The Hall–Kier alpha value is -2.69. The van der Waals surface area contributed by atoms with Gasteiger partial charge in [0, 0.05) is 24.1 Å². The summed E-state index contributed by atoms with van der Waals surface area (Å²) in [7, 11) is 1.30. The predicted octanol–water partition coefficient (Wildman–Crippen LogP) is -1.78. The van der Waals surface area contributed by atoms with Gasteiger partial charge in [0.05, 0.1) is 11.7 Å². The Bertz CT molecular complexity index is 1450. The van der Waals surface area contributed by atoms with E-state index in [1.54, 1.807) is 50.3 Å². The van der Waals surface area contributed by atoms with E-state index in [9.17, 15) is 29.1 Å². The van der Waals surface area contributed by atoms with E-state index >= 15 is 0 Å². The number of aromatic nitrogens is 2. The maximum Gasteiger partial charge on any atom is 1.00 e. The molecule has 2 N–H and O–H groups in total. The summed E-state index contributed by atoms with van der Waals surface area (Å²) in [6, 6.07) is 5.34. The molecule has 1 aromatic heterocycles. The Kier molecular flexibility index (Phi) is 11.8. The molecule has 0 spiro atoms. The summed E-state index contributed by atoms with van der Waals surface area (Å²) in [5, 5.41) is 25.4. The van der Waals surface area contributed by atoms with Gasteiger partial charge in [-0.2, -0.15) is 0 Å². The summed E-state index contributed by atoms with van der Waals surface area (Å²) in [6.45, 7) is 5.06. The van der Waals surface area contributed by atoms with Crippen LogP contribution in [0.25, 0.3) is 0 Å². The van der Waals surface area contributed by atoms with Crippen LogP contribution in [0.15, 0.2) is 57.6 Å². The Balaban J connectivity index is 0.00000484. The molecular weight excluding hydrogens is 612 g/mol. The van der Waals surface area contributed by atoms with Gasteiger partial charge in [0.1, 0.15) is 22.5 Å². The number of hydrogen-bond donors (Lipinski definition) is 2. The number of urea groups is 1. The van der Waals surface area contributed by atoms with Crippen LogP contribution in [0.5, 0.6) is 0 Å². The first-order valence-electron chi connectivity index (χ1n) is 12.4. The molecule has 4 rings (SSSR count). The number of allylic oxidation sites excluding steroid dienone is 1. The minimum absolute atomic E-state index is 0. The van der Waals surface area contributed by atoms with Crippen LogP contribution in [-0.2, 0) is 19.2 Å². The van der Waals surface area contributed by atoms with Crippen molar-refractivity contribution in [3.05, 3.63) is 63.8 Å². The van der Waals surface area contributed by atoms with E-state index in [0.717, 1.165) is 14.8 Å². The number of nitrogens with zero attached hydrogens (tertiary/aromatic N) is 4. The molecule has 0 bridgehead atoms. The molecule has 2 unspecified atom stereocenters. The van der Waals surface area contributed by atoms with E-state index in [2.05, 4.69) is 20.8 Å². The van der Waals surface area contributed by atoms with Crippen molar-refractivity contribution >= 4 is 64.6 Å². The average Bonchev–Trinajstić information content (AvgIpc) is 3.40. The maximum absolute atomic E-state index is 13.4. The molecule has 1 saturated heterocycles. The van der Waals surface area contributed by atoms with E-state index in [-0.39, 0.29) is 35.3 Å². The Labute approximate surface area is 277 Å². The molecule has 3 heterocycles. The molecule has 3 atom stereocenters. The molecule has 216 valence electrons. The normalized spacial score (nSPS) is 18.7. The summed E-state index contributed by atoms with van der Waals surface area (Å²) in [5.41, 5.74) is 1.10. The fourth-order valence-electron chi connectivity index (χ4n) is 4.15. The number of likely N-dealkylation sites (N-methyl/N-ethyl adjacent to an activating group) is 1. The van der Waals surface area contributed by atoms with Crippen molar-refractivity contribution in [2.45, 2.75) is 42.6 Å². The molecule has 2 aliphatic rings. The Morgan fingerprint density at radius 1 is 1.24 bits per heavy atom. The zero-order chi connectivity index (χ0) is 29.8. The van der Waals surface area contributed by atoms with Crippen molar-refractivity contribution < 1.29 is 58.6 Å². The second-order valence-electron chi connectivity index (χ2n) is 9.14. The van der Waals surface area contributed by atoms with Crippen LogP contribution in [0.4, 0.5) is 4.79 Å². The van der Waals surface area contributed by atoms with Crippen LogP contribution < -0.4 is 45.3 Å². The second-order valence-corrected chi connectivity index (χ2v) is 12.6. The minimum Gasteiger partial charge on any atom is -0.543 e. The number of amides is 5. The first kappa shape index (κ1) is 33.8. The number of thioether (sulfide) groups is 2. The first-order valence-corrected chi connectivity index (χ1v) is 15.3. The topological polar surface area (TPSA) is 165 Å². The molecular formula is C26H27N6NaO6S3. The van der Waals surface area contributed by atoms with Crippen LogP contribution in [0.1, 0.15) is 30.5 Å². The number of carbonyl (C=O) groups is 5. The van der Waals surface area contributed by atoms with Gasteiger partial charge in [0.15, 0.2) is 4.34 Å². The molecule has 1 aromatic carbocycles. The molecule has 12 nitrogen and oxygen atoms in total. The van der Waals surface area contributed by atoms with Crippen molar-refractivity contribution in [2.24, 2.45) is 0 Å². The molecule has 0 radical (unpaired) electrons. The molecule has 0 saturated carbocycles. The van der Waals surface area contributed by atoms with Gasteiger partial charge in [0.25, 0.3) is 11.8 Å². The Morgan fingerprint density at radius 3 is 2.52 bits per heavy atom. The summed E-state index contributed by atoms with van der Waals surface area (Å²) in [4.78, 5) is 66.0. The van der Waals surface area contributed by atoms with Crippen molar-refractivity contribution in [2.75, 3.05) is 18.6 Å². The minimum atomic E-state index is -1.48. The van der Waals surface area contributed by atoms with Crippen LogP contribution >= 0.6 is 34.9 Å². The summed E-state index contributed by atoms with van der Waals surface area (Å²) in [5.74, 6) is -2.69. The number of rotatable bonds is 9. The van der Waals surface area contributed by atoms with Gasteiger partial charge in [-0.05, 0) is 31.9 Å². The molecule has 5 amide bonds.